The molecule has 2 aromatic rings. The smallest absolute Gasteiger partial charge is 0.347 e. The lowest BCUT2D eigenvalue weighted by atomic mass is 9.80. The molecule has 2 heterocycles. The maximum absolute atomic E-state index is 12.2. The lowest BCUT2D eigenvalue weighted by Crippen LogP contribution is -2.45. The molecule has 1 atom stereocenters. The molecular formula is C20H23NO5. The first-order valence-corrected chi connectivity index (χ1v) is 8.59. The lowest BCUT2D eigenvalue weighted by Gasteiger charge is -2.45. The Labute approximate surface area is 151 Å². The van der Waals surface area contributed by atoms with Gasteiger partial charge in [-0.15, -0.1) is 0 Å². The Bertz CT molecular complexity index is 957. The highest BCUT2D eigenvalue weighted by Gasteiger charge is 2.34. The number of hydrogen-bond acceptors (Lipinski definition) is 6. The molecule has 1 aliphatic heterocycles. The van der Waals surface area contributed by atoms with Crippen molar-refractivity contribution in [2.75, 3.05) is 19.1 Å². The van der Waals surface area contributed by atoms with E-state index in [1.54, 1.807) is 0 Å². The van der Waals surface area contributed by atoms with Gasteiger partial charge in [-0.05, 0) is 43.9 Å². The predicted molar refractivity (Wildman–Crippen MR) is 99.0 cm³/mol. The monoisotopic (exact) mass is 357 g/mol. The summed E-state index contributed by atoms with van der Waals surface area (Å²) in [6.07, 6.45) is 0.512. The largest absolute Gasteiger partial charge is 0.469 e. The number of carbonyl (C=O) groups is 2. The van der Waals surface area contributed by atoms with Crippen LogP contribution in [0.2, 0.25) is 0 Å². The van der Waals surface area contributed by atoms with Crippen molar-refractivity contribution in [3.63, 3.8) is 0 Å². The van der Waals surface area contributed by atoms with Crippen LogP contribution in [0.4, 0.5) is 5.69 Å². The molecule has 0 saturated carbocycles. The highest BCUT2D eigenvalue weighted by Crippen LogP contribution is 2.43. The van der Waals surface area contributed by atoms with Crippen LogP contribution in [-0.4, -0.2) is 31.4 Å². The normalized spacial score (nSPS) is 18.5. The van der Waals surface area contributed by atoms with Gasteiger partial charge in [0.2, 0.25) is 0 Å². The zero-order valence-corrected chi connectivity index (χ0v) is 15.7. The van der Waals surface area contributed by atoms with Crippen LogP contribution in [0, 0.1) is 0 Å². The molecule has 0 bridgehead atoms. The Morgan fingerprint density at radius 1 is 1.31 bits per heavy atom. The van der Waals surface area contributed by atoms with Crippen LogP contribution in [-0.2, 0) is 9.53 Å². The topological polar surface area (TPSA) is 76.8 Å². The number of hydrogen-bond donors (Lipinski definition) is 0. The van der Waals surface area contributed by atoms with Crippen LogP contribution < -0.4 is 10.5 Å². The number of methoxy groups -OCH3 is 1. The summed E-state index contributed by atoms with van der Waals surface area (Å²) in [5.74, 6) is -0.948. The van der Waals surface area contributed by atoms with Gasteiger partial charge in [0.15, 0.2) is 5.78 Å². The van der Waals surface area contributed by atoms with Crippen molar-refractivity contribution in [3.8, 4) is 0 Å². The molecule has 1 aromatic heterocycles. The van der Waals surface area contributed by atoms with Crippen molar-refractivity contribution in [1.29, 1.82) is 0 Å². The summed E-state index contributed by atoms with van der Waals surface area (Å²) in [5, 5.41) is 0.677. The number of fused-ring (bicyclic) bond motifs is 2. The van der Waals surface area contributed by atoms with E-state index in [1.807, 2.05) is 19.2 Å². The van der Waals surface area contributed by atoms with E-state index < -0.39 is 23.8 Å². The molecule has 0 unspecified atom stereocenters. The molecule has 3 rings (SSSR count). The summed E-state index contributed by atoms with van der Waals surface area (Å²) in [7, 11) is 3.23. The van der Waals surface area contributed by atoms with Gasteiger partial charge >= 0.3 is 11.6 Å². The van der Waals surface area contributed by atoms with E-state index in [9.17, 15) is 14.4 Å². The van der Waals surface area contributed by atoms with E-state index in [1.165, 1.54) is 13.2 Å². The maximum Gasteiger partial charge on any atom is 0.347 e. The fourth-order valence-corrected chi connectivity index (χ4v) is 3.67. The van der Waals surface area contributed by atoms with Gasteiger partial charge in [-0.3, -0.25) is 9.59 Å². The van der Waals surface area contributed by atoms with Crippen molar-refractivity contribution >= 4 is 28.4 Å². The molecular weight excluding hydrogens is 334 g/mol. The first-order valence-electron chi connectivity index (χ1n) is 8.59. The minimum Gasteiger partial charge on any atom is -0.469 e. The van der Waals surface area contributed by atoms with Crippen molar-refractivity contribution in [2.45, 2.75) is 45.1 Å². The number of nitrogens with zero attached hydrogens (tertiary/aromatic N) is 1. The maximum atomic E-state index is 12.2. The first kappa shape index (κ1) is 18.2. The number of benzene rings is 1. The molecule has 0 radical (unpaired) electrons. The minimum absolute atomic E-state index is 0.00317. The molecule has 0 amide bonds. The Kier molecular flexibility index (Phi) is 4.38. The molecule has 1 aliphatic rings. The van der Waals surface area contributed by atoms with Gasteiger partial charge in [0, 0.05) is 29.7 Å². The number of anilines is 1. The first-order chi connectivity index (χ1) is 12.1. The van der Waals surface area contributed by atoms with Crippen LogP contribution in [0.15, 0.2) is 27.4 Å². The van der Waals surface area contributed by atoms with Gasteiger partial charge in [-0.2, -0.15) is 0 Å². The quantitative estimate of drug-likeness (QED) is 0.363. The van der Waals surface area contributed by atoms with E-state index in [0.29, 0.717) is 16.9 Å². The number of rotatable bonds is 3. The van der Waals surface area contributed by atoms with Gasteiger partial charge in [-0.1, -0.05) is 6.92 Å². The minimum atomic E-state index is -0.739. The second kappa shape index (κ2) is 6.27. The molecule has 0 N–H and O–H groups in total. The summed E-state index contributed by atoms with van der Waals surface area (Å²) in [5.41, 5.74) is 1.74. The van der Waals surface area contributed by atoms with Crippen molar-refractivity contribution in [1.82, 2.24) is 0 Å². The van der Waals surface area contributed by atoms with E-state index >= 15 is 0 Å². The summed E-state index contributed by atoms with van der Waals surface area (Å²) in [6.45, 7) is 6.53. The summed E-state index contributed by atoms with van der Waals surface area (Å²) < 4.78 is 9.88. The van der Waals surface area contributed by atoms with E-state index in [2.05, 4.69) is 30.4 Å². The lowest BCUT2D eigenvalue weighted by molar-refractivity contribution is -0.139. The van der Waals surface area contributed by atoms with Crippen LogP contribution in [0.5, 0.6) is 0 Å². The van der Waals surface area contributed by atoms with Gasteiger partial charge in [0.25, 0.3) is 0 Å². The predicted octanol–water partition coefficient (Wildman–Crippen LogP) is 3.26. The number of ketones is 1. The van der Waals surface area contributed by atoms with Crippen LogP contribution in [0.3, 0.4) is 0 Å². The standard InChI is InChI=1S/C20H23NO5/c1-11-10-20(2,3)21(4)15-8-17-12(6-13(11)15)7-14(19(24)26-17)16(22)9-18(23)25-5/h6-8,11H,9-10H2,1-5H3/t11-/m0/s1. The van der Waals surface area contributed by atoms with Gasteiger partial charge < -0.3 is 14.1 Å². The molecule has 26 heavy (non-hydrogen) atoms. The zero-order valence-electron chi connectivity index (χ0n) is 15.7. The Hall–Kier alpha value is -2.63. The number of Topliss-reactive ketones (excluding diaryl/α,β-unsaturated/α-hetero) is 1. The van der Waals surface area contributed by atoms with Crippen molar-refractivity contribution in [2.24, 2.45) is 0 Å². The third-order valence-corrected chi connectivity index (χ3v) is 5.32. The van der Waals surface area contributed by atoms with E-state index in [0.717, 1.165) is 17.7 Å². The van der Waals surface area contributed by atoms with Gasteiger partial charge in [-0.25, -0.2) is 4.79 Å². The highest BCUT2D eigenvalue weighted by atomic mass is 16.5. The second-order valence-corrected chi connectivity index (χ2v) is 7.55. The van der Waals surface area contributed by atoms with E-state index in [4.69, 9.17) is 4.42 Å². The van der Waals surface area contributed by atoms with Crippen LogP contribution in [0.25, 0.3) is 11.0 Å². The molecule has 0 fully saturated rings. The van der Waals surface area contributed by atoms with Gasteiger partial charge in [0.05, 0.1) is 7.11 Å². The molecule has 0 aliphatic carbocycles. The third kappa shape index (κ3) is 3.00. The SMILES string of the molecule is COC(=O)CC(=O)c1cc2cc3c(cc2oc1=O)N(C)C(C)(C)C[C@@H]3C. The highest BCUT2D eigenvalue weighted by molar-refractivity contribution is 6.07. The second-order valence-electron chi connectivity index (χ2n) is 7.55. The summed E-state index contributed by atoms with van der Waals surface area (Å²) in [4.78, 5) is 37.9. The Morgan fingerprint density at radius 3 is 2.65 bits per heavy atom. The molecule has 0 spiro atoms. The fraction of sp³-hybridized carbons (Fsp3) is 0.450. The average molecular weight is 357 g/mol. The zero-order chi connectivity index (χ0) is 19.2. The van der Waals surface area contributed by atoms with Crippen molar-refractivity contribution in [3.05, 3.63) is 39.7 Å². The summed E-state index contributed by atoms with van der Waals surface area (Å²) >= 11 is 0. The summed E-state index contributed by atoms with van der Waals surface area (Å²) in [6, 6.07) is 5.34. The molecule has 6 heteroatoms. The van der Waals surface area contributed by atoms with Gasteiger partial charge in [0.1, 0.15) is 17.6 Å². The molecule has 0 saturated heterocycles. The number of esters is 1. The third-order valence-electron chi connectivity index (χ3n) is 5.32. The van der Waals surface area contributed by atoms with Crippen molar-refractivity contribution < 1.29 is 18.7 Å². The van der Waals surface area contributed by atoms with E-state index in [-0.39, 0.29) is 11.1 Å². The molecule has 138 valence electrons. The van der Waals surface area contributed by atoms with Crippen LogP contribution in [0.1, 0.15) is 55.5 Å². The molecule has 1 aromatic carbocycles. The Morgan fingerprint density at radius 2 is 2.00 bits per heavy atom. The number of carbonyl (C=O) groups excluding carboxylic acids is 2. The average Bonchev–Trinajstić information content (AvgIpc) is 2.57. The fourth-order valence-electron chi connectivity index (χ4n) is 3.67. The number of ether oxygens (including phenoxy) is 1. The van der Waals surface area contributed by atoms with Crippen LogP contribution >= 0.6 is 0 Å². The molecule has 6 nitrogen and oxygen atoms in total. The Balaban J connectivity index is 2.12.